The van der Waals surface area contributed by atoms with Crippen LogP contribution in [-0.4, -0.2) is 27.4 Å². The average molecular weight is 392 g/mol. The van der Waals surface area contributed by atoms with E-state index in [0.717, 1.165) is 11.9 Å². The highest BCUT2D eigenvalue weighted by Gasteiger charge is 2.10. The fraction of sp³-hybridized carbons (Fsp3) is 0.0952. The number of rotatable bonds is 6. The lowest BCUT2D eigenvalue weighted by Crippen LogP contribution is -2.16. The molecule has 4 rings (SSSR count). The van der Waals surface area contributed by atoms with Crippen molar-refractivity contribution in [1.82, 2.24) is 15.0 Å². The molecule has 2 heterocycles. The van der Waals surface area contributed by atoms with Crippen LogP contribution in [0.15, 0.2) is 67.0 Å². The van der Waals surface area contributed by atoms with Gasteiger partial charge in [0.1, 0.15) is 5.69 Å². The molecule has 1 amide bonds. The Labute approximate surface area is 167 Å². The van der Waals surface area contributed by atoms with Gasteiger partial charge in [-0.05, 0) is 48.4 Å². The number of anilines is 2. The molecule has 0 saturated heterocycles. The number of hydrogen-bond acceptors (Lipinski definition) is 4. The van der Waals surface area contributed by atoms with Crippen molar-refractivity contribution in [2.75, 3.05) is 17.2 Å². The molecule has 0 unspecified atom stereocenters. The van der Waals surface area contributed by atoms with E-state index in [0.29, 0.717) is 28.9 Å². The van der Waals surface area contributed by atoms with Crippen molar-refractivity contribution < 1.29 is 4.79 Å². The largest absolute Gasteiger partial charge is 0.361 e. The van der Waals surface area contributed by atoms with Crippen LogP contribution in [0.2, 0.25) is 5.02 Å². The highest BCUT2D eigenvalue weighted by Crippen LogP contribution is 2.18. The minimum absolute atomic E-state index is 0.291. The summed E-state index contributed by atoms with van der Waals surface area (Å²) in [5.74, 6) is 0.119. The predicted molar refractivity (Wildman–Crippen MR) is 112 cm³/mol. The first kappa shape index (κ1) is 18.0. The van der Waals surface area contributed by atoms with Crippen molar-refractivity contribution >= 4 is 40.0 Å². The van der Waals surface area contributed by atoms with Crippen molar-refractivity contribution in [1.29, 1.82) is 0 Å². The van der Waals surface area contributed by atoms with E-state index in [1.807, 2.05) is 18.3 Å². The molecule has 0 aliphatic rings. The maximum atomic E-state index is 12.4. The first-order chi connectivity index (χ1) is 13.7. The van der Waals surface area contributed by atoms with Gasteiger partial charge in [-0.3, -0.25) is 4.79 Å². The van der Waals surface area contributed by atoms with Crippen LogP contribution in [0.5, 0.6) is 0 Å². The molecule has 28 heavy (non-hydrogen) atoms. The lowest BCUT2D eigenvalue weighted by molar-refractivity contribution is 0.102. The van der Waals surface area contributed by atoms with E-state index < -0.39 is 0 Å². The molecule has 0 aliphatic heterocycles. The van der Waals surface area contributed by atoms with E-state index in [1.54, 1.807) is 36.5 Å². The molecule has 2 aromatic carbocycles. The van der Waals surface area contributed by atoms with Crippen LogP contribution < -0.4 is 10.6 Å². The van der Waals surface area contributed by atoms with Crippen LogP contribution in [0.25, 0.3) is 10.9 Å². The second-order valence-electron chi connectivity index (χ2n) is 6.26. The minimum Gasteiger partial charge on any atom is -0.361 e. The van der Waals surface area contributed by atoms with Crippen LogP contribution in [-0.2, 0) is 6.42 Å². The molecule has 140 valence electrons. The predicted octanol–water partition coefficient (Wildman–Crippen LogP) is 4.52. The first-order valence-electron chi connectivity index (χ1n) is 8.88. The Hall–Kier alpha value is -3.38. The number of H-pyrrole nitrogens is 1. The number of fused-ring (bicyclic) bond motifs is 1. The number of aromatic nitrogens is 3. The van der Waals surface area contributed by atoms with Gasteiger partial charge in [0.15, 0.2) is 0 Å². The smallest absolute Gasteiger partial charge is 0.274 e. The number of benzene rings is 2. The van der Waals surface area contributed by atoms with E-state index in [1.165, 1.54) is 10.9 Å². The Morgan fingerprint density at radius 1 is 1.07 bits per heavy atom. The summed E-state index contributed by atoms with van der Waals surface area (Å²) in [5.41, 5.74) is 3.29. The molecule has 0 saturated carbocycles. The number of carbonyl (C=O) groups is 1. The monoisotopic (exact) mass is 391 g/mol. The van der Waals surface area contributed by atoms with Gasteiger partial charge in [-0.25, -0.2) is 9.97 Å². The molecule has 0 aliphatic carbocycles. The molecule has 4 aromatic rings. The van der Waals surface area contributed by atoms with Crippen LogP contribution >= 0.6 is 11.6 Å². The van der Waals surface area contributed by atoms with Gasteiger partial charge in [0, 0.05) is 40.6 Å². The third-order valence-corrected chi connectivity index (χ3v) is 4.59. The third kappa shape index (κ3) is 4.13. The number of hydrogen-bond donors (Lipinski definition) is 3. The van der Waals surface area contributed by atoms with Gasteiger partial charge in [-0.1, -0.05) is 29.8 Å². The summed E-state index contributed by atoms with van der Waals surface area (Å²) in [6.45, 7) is 0.657. The van der Waals surface area contributed by atoms with E-state index in [4.69, 9.17) is 11.6 Å². The Kier molecular flexibility index (Phi) is 5.21. The summed E-state index contributed by atoms with van der Waals surface area (Å²) >= 11 is 5.86. The Morgan fingerprint density at radius 3 is 2.75 bits per heavy atom. The Bertz CT molecular complexity index is 1110. The van der Waals surface area contributed by atoms with Gasteiger partial charge in [0.2, 0.25) is 5.95 Å². The quantitative estimate of drug-likeness (QED) is 0.451. The SMILES string of the molecule is O=C(Nc1ccc(Cl)cc1)c1ccnc(NCCc2c[nH]c3ccccc23)n1. The lowest BCUT2D eigenvalue weighted by atomic mass is 10.1. The molecule has 6 nitrogen and oxygen atoms in total. The zero-order valence-corrected chi connectivity index (χ0v) is 15.7. The third-order valence-electron chi connectivity index (χ3n) is 4.34. The lowest BCUT2D eigenvalue weighted by Gasteiger charge is -2.07. The van der Waals surface area contributed by atoms with Gasteiger partial charge < -0.3 is 15.6 Å². The summed E-state index contributed by atoms with van der Waals surface area (Å²) in [6.07, 6.45) is 4.40. The van der Waals surface area contributed by atoms with Crippen LogP contribution in [0.3, 0.4) is 0 Å². The number of aromatic amines is 1. The molecule has 0 bridgehead atoms. The molecule has 7 heteroatoms. The second-order valence-corrected chi connectivity index (χ2v) is 6.70. The fourth-order valence-corrected chi connectivity index (χ4v) is 3.07. The summed E-state index contributed by atoms with van der Waals surface area (Å²) in [5, 5.41) is 7.79. The van der Waals surface area contributed by atoms with E-state index in [2.05, 4.69) is 37.7 Å². The van der Waals surface area contributed by atoms with Crippen molar-refractivity contribution in [3.8, 4) is 0 Å². The zero-order valence-electron chi connectivity index (χ0n) is 14.9. The van der Waals surface area contributed by atoms with Crippen LogP contribution in [0.1, 0.15) is 16.1 Å². The van der Waals surface area contributed by atoms with Gasteiger partial charge >= 0.3 is 0 Å². The topological polar surface area (TPSA) is 82.7 Å². The van der Waals surface area contributed by atoms with Crippen LogP contribution in [0, 0.1) is 0 Å². The van der Waals surface area contributed by atoms with E-state index in [9.17, 15) is 4.79 Å². The molecular formula is C21H18ClN5O. The molecule has 0 spiro atoms. The maximum Gasteiger partial charge on any atom is 0.274 e. The van der Waals surface area contributed by atoms with Gasteiger partial charge in [0.05, 0.1) is 0 Å². The molecule has 0 fully saturated rings. The van der Waals surface area contributed by atoms with Crippen molar-refractivity contribution in [2.45, 2.75) is 6.42 Å². The van der Waals surface area contributed by atoms with Crippen LogP contribution in [0.4, 0.5) is 11.6 Å². The Balaban J connectivity index is 1.38. The normalized spacial score (nSPS) is 10.8. The maximum absolute atomic E-state index is 12.4. The van der Waals surface area contributed by atoms with E-state index in [-0.39, 0.29) is 5.91 Å². The van der Waals surface area contributed by atoms with Crippen molar-refractivity contribution in [2.24, 2.45) is 0 Å². The first-order valence-corrected chi connectivity index (χ1v) is 9.26. The fourth-order valence-electron chi connectivity index (χ4n) is 2.95. The summed E-state index contributed by atoms with van der Waals surface area (Å²) in [7, 11) is 0. The minimum atomic E-state index is -0.301. The second kappa shape index (κ2) is 8.10. The number of halogens is 1. The van der Waals surface area contributed by atoms with Crippen molar-refractivity contribution in [3.63, 3.8) is 0 Å². The number of amides is 1. The molecule has 2 aromatic heterocycles. The summed E-state index contributed by atoms with van der Waals surface area (Å²) in [6, 6.07) is 16.7. The molecule has 0 atom stereocenters. The van der Waals surface area contributed by atoms with Crippen molar-refractivity contribution in [3.05, 3.63) is 83.3 Å². The van der Waals surface area contributed by atoms with Gasteiger partial charge in [-0.2, -0.15) is 0 Å². The number of nitrogens with zero attached hydrogens (tertiary/aromatic N) is 2. The number of para-hydroxylation sites is 1. The Morgan fingerprint density at radius 2 is 1.89 bits per heavy atom. The molecular weight excluding hydrogens is 374 g/mol. The standard InChI is InChI=1S/C21H18ClN5O/c22-15-5-7-16(8-6-15)26-20(28)19-10-12-24-21(27-19)23-11-9-14-13-25-18-4-2-1-3-17(14)18/h1-8,10,12-13,25H,9,11H2,(H,26,28)(H,23,24,27). The van der Waals surface area contributed by atoms with Gasteiger partial charge in [-0.15, -0.1) is 0 Å². The highest BCUT2D eigenvalue weighted by atomic mass is 35.5. The van der Waals surface area contributed by atoms with E-state index >= 15 is 0 Å². The molecule has 0 radical (unpaired) electrons. The van der Waals surface area contributed by atoms with Gasteiger partial charge in [0.25, 0.3) is 5.91 Å². The highest BCUT2D eigenvalue weighted by molar-refractivity contribution is 6.30. The summed E-state index contributed by atoms with van der Waals surface area (Å²) < 4.78 is 0. The average Bonchev–Trinajstić information content (AvgIpc) is 3.13. The number of carbonyl (C=O) groups excluding carboxylic acids is 1. The summed E-state index contributed by atoms with van der Waals surface area (Å²) in [4.78, 5) is 24.2. The zero-order chi connectivity index (χ0) is 19.3. The molecule has 3 N–H and O–H groups in total. The number of nitrogens with one attached hydrogen (secondary N) is 3.